The third kappa shape index (κ3) is 3.07. The maximum Gasteiger partial charge on any atom is 0.430 e. The van der Waals surface area contributed by atoms with Crippen molar-refractivity contribution in [2.24, 2.45) is 0 Å². The molecule has 1 aliphatic rings. The van der Waals surface area contributed by atoms with Gasteiger partial charge in [0, 0.05) is 11.1 Å². The zero-order valence-electron chi connectivity index (χ0n) is 10.9. The summed E-state index contributed by atoms with van der Waals surface area (Å²) in [5.41, 5.74) is -0.148. The lowest BCUT2D eigenvalue weighted by molar-refractivity contribution is -0.187. The highest BCUT2D eigenvalue weighted by Gasteiger charge is 2.48. The molecule has 4 nitrogen and oxygen atoms in total. The Bertz CT molecular complexity index is 605. The molecule has 0 saturated carbocycles. The maximum absolute atomic E-state index is 13.0. The van der Waals surface area contributed by atoms with Gasteiger partial charge in [0.15, 0.2) is 0 Å². The van der Waals surface area contributed by atoms with Gasteiger partial charge in [-0.2, -0.15) is 13.2 Å². The van der Waals surface area contributed by atoms with E-state index in [4.69, 9.17) is 4.74 Å². The largest absolute Gasteiger partial charge is 0.475 e. The quantitative estimate of drug-likeness (QED) is 0.636. The first-order valence-electron chi connectivity index (χ1n) is 6.08. The van der Waals surface area contributed by atoms with Gasteiger partial charge in [-0.1, -0.05) is 0 Å². The van der Waals surface area contributed by atoms with E-state index in [9.17, 15) is 22.8 Å². The topological polar surface area (TPSA) is 52.6 Å². The van der Waals surface area contributed by atoms with Crippen LogP contribution in [0.1, 0.15) is 22.8 Å². The Labute approximate surface area is 118 Å². The van der Waals surface area contributed by atoms with E-state index in [1.807, 2.05) is 0 Å². The van der Waals surface area contributed by atoms with E-state index in [1.54, 1.807) is 0 Å². The highest BCUT2D eigenvalue weighted by Crippen LogP contribution is 2.37. The van der Waals surface area contributed by atoms with Gasteiger partial charge in [-0.3, -0.25) is 4.79 Å². The molecule has 0 aliphatic carbocycles. The molecule has 0 aromatic heterocycles. The lowest BCUT2D eigenvalue weighted by Crippen LogP contribution is -2.40. The maximum atomic E-state index is 13.0. The molecule has 112 valence electrons. The summed E-state index contributed by atoms with van der Waals surface area (Å²) < 4.78 is 48.5. The second-order valence-corrected chi connectivity index (χ2v) is 4.27. The van der Waals surface area contributed by atoms with Gasteiger partial charge in [0.05, 0.1) is 12.2 Å². The summed E-state index contributed by atoms with van der Waals surface area (Å²) in [6, 6.07) is 3.94. The molecule has 1 aromatic carbocycles. The predicted molar refractivity (Wildman–Crippen MR) is 66.9 cm³/mol. The van der Waals surface area contributed by atoms with Gasteiger partial charge < -0.3 is 9.47 Å². The van der Waals surface area contributed by atoms with Crippen LogP contribution >= 0.6 is 0 Å². The van der Waals surface area contributed by atoms with E-state index in [-0.39, 0.29) is 23.5 Å². The fourth-order valence-corrected chi connectivity index (χ4v) is 1.92. The second kappa shape index (κ2) is 5.59. The number of fused-ring (bicyclic) bond motifs is 1. The Balaban J connectivity index is 2.50. The Hall–Kier alpha value is -2.31. The van der Waals surface area contributed by atoms with Crippen LogP contribution in [0.25, 0.3) is 6.08 Å². The monoisotopic (exact) mass is 300 g/mol. The number of esters is 1. The Morgan fingerprint density at radius 2 is 2.14 bits per heavy atom. The van der Waals surface area contributed by atoms with Crippen molar-refractivity contribution in [2.75, 3.05) is 6.61 Å². The van der Waals surface area contributed by atoms with Gasteiger partial charge in [0.2, 0.25) is 6.10 Å². The first kappa shape index (κ1) is 15.1. The summed E-state index contributed by atoms with van der Waals surface area (Å²) in [5.74, 6) is -1.14. The molecule has 0 bridgehead atoms. The molecule has 1 aliphatic heterocycles. The van der Waals surface area contributed by atoms with Crippen molar-refractivity contribution in [1.29, 1.82) is 0 Å². The van der Waals surface area contributed by atoms with Crippen LogP contribution in [0.2, 0.25) is 0 Å². The number of ether oxygens (including phenoxy) is 2. The van der Waals surface area contributed by atoms with E-state index in [1.165, 1.54) is 25.1 Å². The smallest absolute Gasteiger partial charge is 0.430 e. The summed E-state index contributed by atoms with van der Waals surface area (Å²) >= 11 is 0. The van der Waals surface area contributed by atoms with Crippen molar-refractivity contribution in [1.82, 2.24) is 0 Å². The number of halogens is 3. The van der Waals surface area contributed by atoms with Gasteiger partial charge in [-0.25, -0.2) is 4.79 Å². The molecule has 1 atom stereocenters. The summed E-state index contributed by atoms with van der Waals surface area (Å²) in [6.45, 7) is 1.44. The molecule has 1 unspecified atom stereocenters. The van der Waals surface area contributed by atoms with E-state index >= 15 is 0 Å². The number of hydrogen-bond donors (Lipinski definition) is 0. The normalized spacial score (nSPS) is 17.3. The summed E-state index contributed by atoms with van der Waals surface area (Å²) in [4.78, 5) is 22.4. The number of alkyl halides is 3. The Morgan fingerprint density at radius 3 is 2.71 bits per heavy atom. The van der Waals surface area contributed by atoms with E-state index in [2.05, 4.69) is 4.74 Å². The first-order chi connectivity index (χ1) is 9.86. The number of aldehydes is 1. The highest BCUT2D eigenvalue weighted by atomic mass is 19.4. The van der Waals surface area contributed by atoms with Crippen LogP contribution in [-0.4, -0.2) is 31.1 Å². The van der Waals surface area contributed by atoms with Gasteiger partial charge >= 0.3 is 12.1 Å². The number of benzene rings is 1. The summed E-state index contributed by atoms with van der Waals surface area (Å²) in [5, 5.41) is 0. The van der Waals surface area contributed by atoms with Crippen LogP contribution in [0.4, 0.5) is 13.2 Å². The minimum absolute atomic E-state index is 0.0454. The first-order valence-corrected chi connectivity index (χ1v) is 6.08. The van der Waals surface area contributed by atoms with Crippen molar-refractivity contribution in [2.45, 2.75) is 19.2 Å². The average molecular weight is 300 g/mol. The molecule has 1 heterocycles. The molecule has 0 saturated heterocycles. The number of hydrogen-bond acceptors (Lipinski definition) is 4. The van der Waals surface area contributed by atoms with Crippen LogP contribution in [0.5, 0.6) is 5.75 Å². The van der Waals surface area contributed by atoms with Crippen molar-refractivity contribution in [3.63, 3.8) is 0 Å². The van der Waals surface area contributed by atoms with Crippen molar-refractivity contribution in [3.05, 3.63) is 34.9 Å². The van der Waals surface area contributed by atoms with Gasteiger partial charge in [-0.05, 0) is 31.2 Å². The van der Waals surface area contributed by atoms with Crippen LogP contribution in [0.15, 0.2) is 23.8 Å². The van der Waals surface area contributed by atoms with Crippen LogP contribution in [-0.2, 0) is 9.53 Å². The molecule has 21 heavy (non-hydrogen) atoms. The second-order valence-electron chi connectivity index (χ2n) is 4.27. The van der Waals surface area contributed by atoms with Gasteiger partial charge in [0.25, 0.3) is 0 Å². The minimum Gasteiger partial charge on any atom is -0.475 e. The van der Waals surface area contributed by atoms with E-state index in [0.717, 1.165) is 6.08 Å². The standard InChI is InChI=1S/C14H11F3O4/c1-2-20-13(19)10-6-9-5-8(7-18)3-4-11(9)21-12(10)14(15,16)17/h3-7,12H,2H2,1H3. The van der Waals surface area contributed by atoms with Crippen LogP contribution in [0.3, 0.4) is 0 Å². The van der Waals surface area contributed by atoms with Crippen molar-refractivity contribution < 1.29 is 32.2 Å². The number of rotatable bonds is 3. The molecule has 0 fully saturated rings. The molecular weight excluding hydrogens is 289 g/mol. The van der Waals surface area contributed by atoms with Gasteiger partial charge in [-0.15, -0.1) is 0 Å². The fraction of sp³-hybridized carbons (Fsp3) is 0.286. The third-order valence-corrected chi connectivity index (χ3v) is 2.82. The third-order valence-electron chi connectivity index (χ3n) is 2.82. The molecule has 0 radical (unpaired) electrons. The Kier molecular flexibility index (Phi) is 4.02. The minimum atomic E-state index is -4.75. The number of carbonyl (C=O) groups excluding carboxylic acids is 2. The zero-order chi connectivity index (χ0) is 15.6. The Morgan fingerprint density at radius 1 is 1.43 bits per heavy atom. The summed E-state index contributed by atoms with van der Waals surface area (Å²) in [6.07, 6.45) is -5.54. The predicted octanol–water partition coefficient (Wildman–Crippen LogP) is 2.77. The molecule has 7 heteroatoms. The van der Waals surface area contributed by atoms with Crippen LogP contribution in [0, 0.1) is 0 Å². The van der Waals surface area contributed by atoms with Crippen molar-refractivity contribution >= 4 is 18.3 Å². The SMILES string of the molecule is CCOC(=O)C1=Cc2cc(C=O)ccc2OC1C(F)(F)F. The van der Waals surface area contributed by atoms with Gasteiger partial charge in [0.1, 0.15) is 12.0 Å². The van der Waals surface area contributed by atoms with Crippen LogP contribution < -0.4 is 4.74 Å². The number of carbonyl (C=O) groups is 2. The summed E-state index contributed by atoms with van der Waals surface area (Å²) in [7, 11) is 0. The lowest BCUT2D eigenvalue weighted by Gasteiger charge is -2.27. The zero-order valence-corrected chi connectivity index (χ0v) is 10.9. The molecule has 0 amide bonds. The molecule has 1 aromatic rings. The fourth-order valence-electron chi connectivity index (χ4n) is 1.92. The highest BCUT2D eigenvalue weighted by molar-refractivity contribution is 5.96. The molecule has 0 spiro atoms. The lowest BCUT2D eigenvalue weighted by atomic mass is 10.00. The average Bonchev–Trinajstić information content (AvgIpc) is 2.44. The van der Waals surface area contributed by atoms with Crippen molar-refractivity contribution in [3.8, 4) is 5.75 Å². The van der Waals surface area contributed by atoms with E-state index < -0.39 is 23.8 Å². The molecular formula is C14H11F3O4. The van der Waals surface area contributed by atoms with E-state index in [0.29, 0.717) is 6.29 Å². The molecule has 2 rings (SSSR count). The molecule has 0 N–H and O–H groups in total.